The van der Waals surface area contributed by atoms with Gasteiger partial charge in [0.05, 0.1) is 10.8 Å². The molecule has 14 heavy (non-hydrogen) atoms. The summed E-state index contributed by atoms with van der Waals surface area (Å²) in [5.74, 6) is 0.414. The molecule has 0 bridgehead atoms. The van der Waals surface area contributed by atoms with E-state index in [1.165, 1.54) is 11.3 Å². The van der Waals surface area contributed by atoms with Gasteiger partial charge in [-0.3, -0.25) is 0 Å². The van der Waals surface area contributed by atoms with Gasteiger partial charge in [0.1, 0.15) is 10.2 Å². The van der Waals surface area contributed by atoms with E-state index in [2.05, 4.69) is 4.98 Å². The van der Waals surface area contributed by atoms with Crippen LogP contribution in [0.2, 0.25) is 5.15 Å². The first-order valence-electron chi connectivity index (χ1n) is 4.08. The number of benzene rings is 1. The lowest BCUT2D eigenvalue weighted by Gasteiger charge is -1.94. The van der Waals surface area contributed by atoms with Crippen molar-refractivity contribution >= 4 is 34.5 Å². The van der Waals surface area contributed by atoms with E-state index in [9.17, 15) is 0 Å². The van der Waals surface area contributed by atoms with Gasteiger partial charge in [-0.15, -0.1) is 22.9 Å². The molecule has 0 amide bonds. The SMILES string of the molecule is ClCc1nc(Cl)c(-c2ccccc2)s1. The van der Waals surface area contributed by atoms with Gasteiger partial charge in [-0.05, 0) is 5.56 Å². The molecule has 2 rings (SSSR count). The van der Waals surface area contributed by atoms with E-state index < -0.39 is 0 Å². The minimum atomic E-state index is 0.414. The smallest absolute Gasteiger partial charge is 0.148 e. The number of nitrogens with zero attached hydrogens (tertiary/aromatic N) is 1. The molecule has 0 N–H and O–H groups in total. The second-order valence-electron chi connectivity index (χ2n) is 2.73. The van der Waals surface area contributed by atoms with Crippen LogP contribution in [-0.2, 0) is 5.88 Å². The summed E-state index contributed by atoms with van der Waals surface area (Å²) in [6.07, 6.45) is 0. The standard InChI is InChI=1S/C10H7Cl2NS/c11-6-8-13-10(12)9(14-8)7-4-2-1-3-5-7/h1-5H,6H2. The first-order valence-corrected chi connectivity index (χ1v) is 5.80. The highest BCUT2D eigenvalue weighted by atomic mass is 35.5. The van der Waals surface area contributed by atoms with Gasteiger partial charge in [0.2, 0.25) is 0 Å². The van der Waals surface area contributed by atoms with Gasteiger partial charge in [0.25, 0.3) is 0 Å². The first kappa shape index (κ1) is 9.97. The Morgan fingerprint density at radius 1 is 1.21 bits per heavy atom. The molecule has 4 heteroatoms. The summed E-state index contributed by atoms with van der Waals surface area (Å²) in [6.45, 7) is 0. The number of alkyl halides is 1. The molecule has 0 unspecified atom stereocenters. The van der Waals surface area contributed by atoms with Gasteiger partial charge >= 0.3 is 0 Å². The zero-order valence-corrected chi connectivity index (χ0v) is 9.53. The highest BCUT2D eigenvalue weighted by Gasteiger charge is 2.09. The summed E-state index contributed by atoms with van der Waals surface area (Å²) in [4.78, 5) is 5.15. The van der Waals surface area contributed by atoms with Crippen molar-refractivity contribution in [1.82, 2.24) is 4.98 Å². The molecule has 0 aliphatic rings. The van der Waals surface area contributed by atoms with Gasteiger partial charge in [-0.25, -0.2) is 4.98 Å². The lowest BCUT2D eigenvalue weighted by molar-refractivity contribution is 1.26. The maximum atomic E-state index is 6.00. The normalized spacial score (nSPS) is 10.4. The fraction of sp³-hybridized carbons (Fsp3) is 0.100. The third-order valence-corrected chi connectivity index (χ3v) is 3.68. The van der Waals surface area contributed by atoms with Crippen LogP contribution in [-0.4, -0.2) is 4.98 Å². The topological polar surface area (TPSA) is 12.9 Å². The molecular weight excluding hydrogens is 237 g/mol. The zero-order valence-electron chi connectivity index (χ0n) is 7.21. The monoisotopic (exact) mass is 243 g/mol. The molecule has 0 saturated heterocycles. The third kappa shape index (κ3) is 1.92. The molecule has 0 atom stereocenters. The van der Waals surface area contributed by atoms with Crippen molar-refractivity contribution in [1.29, 1.82) is 0 Å². The van der Waals surface area contributed by atoms with Crippen LogP contribution in [0, 0.1) is 0 Å². The molecule has 1 heterocycles. The Balaban J connectivity index is 2.46. The maximum absolute atomic E-state index is 6.00. The van der Waals surface area contributed by atoms with Crippen molar-refractivity contribution in [2.75, 3.05) is 0 Å². The molecular formula is C10H7Cl2NS. The summed E-state index contributed by atoms with van der Waals surface area (Å²) in [5, 5.41) is 1.40. The van der Waals surface area contributed by atoms with Crippen molar-refractivity contribution in [2.24, 2.45) is 0 Å². The molecule has 0 aliphatic carbocycles. The van der Waals surface area contributed by atoms with Gasteiger partial charge in [0, 0.05) is 0 Å². The Bertz CT molecular complexity index is 425. The van der Waals surface area contributed by atoms with E-state index in [1.807, 2.05) is 30.3 Å². The van der Waals surface area contributed by atoms with E-state index >= 15 is 0 Å². The Labute approximate surface area is 96.3 Å². The number of thiazole rings is 1. The Kier molecular flexibility index (Phi) is 3.06. The van der Waals surface area contributed by atoms with Crippen LogP contribution in [0.5, 0.6) is 0 Å². The van der Waals surface area contributed by atoms with Gasteiger partial charge in [-0.1, -0.05) is 41.9 Å². The molecule has 1 aromatic carbocycles. The molecule has 0 saturated carbocycles. The van der Waals surface area contributed by atoms with Crippen LogP contribution in [0.3, 0.4) is 0 Å². The lowest BCUT2D eigenvalue weighted by Crippen LogP contribution is -1.72. The number of aromatic nitrogens is 1. The highest BCUT2D eigenvalue weighted by molar-refractivity contribution is 7.16. The van der Waals surface area contributed by atoms with E-state index in [4.69, 9.17) is 23.2 Å². The number of rotatable bonds is 2. The Morgan fingerprint density at radius 3 is 2.50 bits per heavy atom. The average molecular weight is 244 g/mol. The third-order valence-electron chi connectivity index (χ3n) is 1.78. The predicted octanol–water partition coefficient (Wildman–Crippen LogP) is 4.20. The fourth-order valence-electron chi connectivity index (χ4n) is 1.17. The van der Waals surface area contributed by atoms with Crippen LogP contribution < -0.4 is 0 Å². The number of hydrogen-bond donors (Lipinski definition) is 0. The minimum absolute atomic E-state index is 0.414. The molecule has 0 radical (unpaired) electrons. The summed E-state index contributed by atoms with van der Waals surface area (Å²) < 4.78 is 0. The second-order valence-corrected chi connectivity index (χ2v) is 4.44. The summed E-state index contributed by atoms with van der Waals surface area (Å²) >= 11 is 13.2. The van der Waals surface area contributed by atoms with E-state index in [0.717, 1.165) is 15.4 Å². The van der Waals surface area contributed by atoms with E-state index in [-0.39, 0.29) is 0 Å². The van der Waals surface area contributed by atoms with Crippen LogP contribution in [0.25, 0.3) is 10.4 Å². The molecule has 0 aliphatic heterocycles. The van der Waals surface area contributed by atoms with Crippen molar-refractivity contribution in [2.45, 2.75) is 5.88 Å². The molecule has 1 aromatic heterocycles. The van der Waals surface area contributed by atoms with E-state index in [0.29, 0.717) is 11.0 Å². The summed E-state index contributed by atoms with van der Waals surface area (Å²) in [5.41, 5.74) is 1.09. The molecule has 0 spiro atoms. The van der Waals surface area contributed by atoms with E-state index in [1.54, 1.807) is 0 Å². The Morgan fingerprint density at radius 2 is 1.93 bits per heavy atom. The summed E-state index contributed by atoms with van der Waals surface area (Å²) in [6, 6.07) is 9.95. The number of hydrogen-bond acceptors (Lipinski definition) is 2. The molecule has 1 nitrogen and oxygen atoms in total. The maximum Gasteiger partial charge on any atom is 0.148 e. The molecule has 2 aromatic rings. The molecule has 72 valence electrons. The minimum Gasteiger partial charge on any atom is -0.228 e. The van der Waals surface area contributed by atoms with Crippen molar-refractivity contribution < 1.29 is 0 Å². The van der Waals surface area contributed by atoms with Crippen molar-refractivity contribution in [3.05, 3.63) is 40.5 Å². The zero-order chi connectivity index (χ0) is 9.97. The van der Waals surface area contributed by atoms with Crippen LogP contribution in [0.15, 0.2) is 30.3 Å². The largest absolute Gasteiger partial charge is 0.228 e. The first-order chi connectivity index (χ1) is 6.81. The average Bonchev–Trinajstić information content (AvgIpc) is 2.61. The van der Waals surface area contributed by atoms with Crippen molar-refractivity contribution in [3.8, 4) is 10.4 Å². The van der Waals surface area contributed by atoms with Crippen LogP contribution in [0.4, 0.5) is 0 Å². The Hall–Kier alpha value is -0.570. The highest BCUT2D eigenvalue weighted by Crippen LogP contribution is 2.33. The van der Waals surface area contributed by atoms with Crippen molar-refractivity contribution in [3.63, 3.8) is 0 Å². The second kappa shape index (κ2) is 4.30. The molecule has 0 fully saturated rings. The quantitative estimate of drug-likeness (QED) is 0.721. The predicted molar refractivity (Wildman–Crippen MR) is 62.1 cm³/mol. The summed E-state index contributed by atoms with van der Waals surface area (Å²) in [7, 11) is 0. The van der Waals surface area contributed by atoms with Crippen LogP contribution in [0.1, 0.15) is 5.01 Å². The van der Waals surface area contributed by atoms with Gasteiger partial charge in [0.15, 0.2) is 0 Å². The van der Waals surface area contributed by atoms with Gasteiger partial charge < -0.3 is 0 Å². The fourth-order valence-corrected chi connectivity index (χ4v) is 2.58. The lowest BCUT2D eigenvalue weighted by atomic mass is 10.2. The number of halogens is 2. The van der Waals surface area contributed by atoms with Gasteiger partial charge in [-0.2, -0.15) is 0 Å². The van der Waals surface area contributed by atoms with Crippen LogP contribution >= 0.6 is 34.5 Å².